The summed E-state index contributed by atoms with van der Waals surface area (Å²) in [4.78, 5) is 22.7. The second kappa shape index (κ2) is 3.49. The van der Waals surface area contributed by atoms with Crippen LogP contribution in [0.15, 0.2) is 20.7 Å². The Morgan fingerprint density at radius 2 is 2.08 bits per heavy atom. The Labute approximate surface area is 78.2 Å². The van der Waals surface area contributed by atoms with Crippen molar-refractivity contribution in [3.63, 3.8) is 0 Å². The molecule has 1 aromatic heterocycles. The predicted octanol–water partition coefficient (Wildman–Crippen LogP) is -0.343. The first kappa shape index (κ1) is 9.61. The van der Waals surface area contributed by atoms with Gasteiger partial charge in [-0.2, -0.15) is 5.26 Å². The van der Waals surface area contributed by atoms with Crippen LogP contribution in [0.4, 0.5) is 0 Å². The van der Waals surface area contributed by atoms with Crippen LogP contribution in [-0.4, -0.2) is 9.13 Å². The van der Waals surface area contributed by atoms with E-state index in [1.807, 2.05) is 0 Å². The molecule has 13 heavy (non-hydrogen) atoms. The fourth-order valence-electron chi connectivity index (χ4n) is 0.894. The van der Waals surface area contributed by atoms with Crippen LogP contribution in [0.25, 0.3) is 0 Å². The second-order valence-corrected chi connectivity index (χ2v) is 3.27. The number of aromatic nitrogens is 2. The second-order valence-electron chi connectivity index (χ2n) is 2.44. The average Bonchev–Trinajstić information content (AvgIpc) is 2.11. The zero-order valence-electron chi connectivity index (χ0n) is 7.14. The highest BCUT2D eigenvalue weighted by Gasteiger charge is 2.06. The quantitative estimate of drug-likeness (QED) is 0.456. The zero-order chi connectivity index (χ0) is 10.0. The van der Waals surface area contributed by atoms with E-state index in [9.17, 15) is 9.59 Å². The van der Waals surface area contributed by atoms with Gasteiger partial charge in [0.1, 0.15) is 10.3 Å². The lowest BCUT2D eigenvalue weighted by Gasteiger charge is -2.02. The van der Waals surface area contributed by atoms with Gasteiger partial charge in [-0.05, 0) is 11.8 Å². The highest BCUT2D eigenvalue weighted by atomic mass is 32.2. The molecule has 0 unspecified atom stereocenters. The highest BCUT2D eigenvalue weighted by molar-refractivity contribution is 8.03. The van der Waals surface area contributed by atoms with Crippen LogP contribution in [-0.2, 0) is 14.1 Å². The van der Waals surface area contributed by atoms with Gasteiger partial charge < -0.3 is 4.57 Å². The summed E-state index contributed by atoms with van der Waals surface area (Å²) in [7, 11) is 2.91. The number of thiocyanates is 1. The van der Waals surface area contributed by atoms with Crippen molar-refractivity contribution in [3.05, 3.63) is 27.0 Å². The first-order chi connectivity index (χ1) is 6.07. The van der Waals surface area contributed by atoms with Gasteiger partial charge in [-0.1, -0.05) is 0 Å². The van der Waals surface area contributed by atoms with Crippen molar-refractivity contribution in [2.75, 3.05) is 0 Å². The van der Waals surface area contributed by atoms with Gasteiger partial charge in [-0.3, -0.25) is 9.36 Å². The molecule has 0 N–H and O–H groups in total. The molecule has 1 aromatic rings. The molecule has 6 heteroatoms. The van der Waals surface area contributed by atoms with E-state index in [2.05, 4.69) is 0 Å². The van der Waals surface area contributed by atoms with Gasteiger partial charge in [0, 0.05) is 20.3 Å². The van der Waals surface area contributed by atoms with Gasteiger partial charge in [0.05, 0.1) is 0 Å². The zero-order valence-corrected chi connectivity index (χ0v) is 7.96. The van der Waals surface area contributed by atoms with Crippen LogP contribution in [0.2, 0.25) is 0 Å². The Morgan fingerprint density at radius 1 is 1.46 bits per heavy atom. The van der Waals surface area contributed by atoms with Crippen LogP contribution < -0.4 is 11.2 Å². The molecule has 0 saturated heterocycles. The minimum Gasteiger partial charge on any atom is -0.302 e. The van der Waals surface area contributed by atoms with E-state index in [1.165, 1.54) is 24.9 Å². The number of thioether (sulfide) groups is 1. The van der Waals surface area contributed by atoms with E-state index < -0.39 is 11.2 Å². The van der Waals surface area contributed by atoms with E-state index in [0.29, 0.717) is 0 Å². The summed E-state index contributed by atoms with van der Waals surface area (Å²) in [6.07, 6.45) is 1.36. The Morgan fingerprint density at radius 3 is 2.62 bits per heavy atom. The molecule has 1 heterocycles. The fourth-order valence-corrected chi connectivity index (χ4v) is 1.43. The summed E-state index contributed by atoms with van der Waals surface area (Å²) in [6, 6.07) is 0. The van der Waals surface area contributed by atoms with Gasteiger partial charge in [-0.25, -0.2) is 4.79 Å². The number of aryl methyl sites for hydroxylation is 1. The van der Waals surface area contributed by atoms with Gasteiger partial charge >= 0.3 is 5.69 Å². The van der Waals surface area contributed by atoms with Crippen LogP contribution in [0.1, 0.15) is 0 Å². The lowest BCUT2D eigenvalue weighted by molar-refractivity contribution is 0.662. The molecule has 0 bridgehead atoms. The van der Waals surface area contributed by atoms with Crippen molar-refractivity contribution in [2.45, 2.75) is 4.90 Å². The van der Waals surface area contributed by atoms with Crippen molar-refractivity contribution in [3.8, 4) is 5.40 Å². The SMILES string of the molecule is Cn1cc(SC#N)c(=O)n(C)c1=O. The summed E-state index contributed by atoms with van der Waals surface area (Å²) < 4.78 is 2.24. The normalized spacial score (nSPS) is 9.62. The van der Waals surface area contributed by atoms with Crippen molar-refractivity contribution < 1.29 is 0 Å². The Bertz CT molecular complexity index is 480. The van der Waals surface area contributed by atoms with E-state index in [1.54, 1.807) is 5.40 Å². The molecule has 68 valence electrons. The highest BCUT2D eigenvalue weighted by Crippen LogP contribution is 2.07. The molecular formula is C7H7N3O2S. The van der Waals surface area contributed by atoms with Gasteiger partial charge in [0.2, 0.25) is 0 Å². The topological polar surface area (TPSA) is 67.8 Å². The van der Waals surface area contributed by atoms with E-state index in [0.717, 1.165) is 16.3 Å². The maximum Gasteiger partial charge on any atom is 0.330 e. The Hall–Kier alpha value is -1.48. The smallest absolute Gasteiger partial charge is 0.302 e. The van der Waals surface area contributed by atoms with Gasteiger partial charge in [0.15, 0.2) is 0 Å². The molecular weight excluding hydrogens is 190 g/mol. The van der Waals surface area contributed by atoms with Crippen LogP contribution in [0.5, 0.6) is 0 Å². The molecule has 0 radical (unpaired) electrons. The fraction of sp³-hybridized carbons (Fsp3) is 0.286. The van der Waals surface area contributed by atoms with E-state index in [-0.39, 0.29) is 4.90 Å². The molecule has 0 aliphatic heterocycles. The molecule has 5 nitrogen and oxygen atoms in total. The molecule has 1 rings (SSSR count). The third-order valence-electron chi connectivity index (χ3n) is 1.57. The van der Waals surface area contributed by atoms with Gasteiger partial charge in [-0.15, -0.1) is 0 Å². The Balaban J connectivity index is 3.53. The van der Waals surface area contributed by atoms with E-state index >= 15 is 0 Å². The molecule has 0 atom stereocenters. The Kier molecular flexibility index (Phi) is 2.58. The van der Waals surface area contributed by atoms with E-state index in [4.69, 9.17) is 5.26 Å². The van der Waals surface area contributed by atoms with Crippen LogP contribution >= 0.6 is 11.8 Å². The van der Waals surface area contributed by atoms with Crippen molar-refractivity contribution in [1.29, 1.82) is 5.26 Å². The summed E-state index contributed by atoms with van der Waals surface area (Å²) in [5.74, 6) is 0. The lowest BCUT2D eigenvalue weighted by atomic mass is 10.6. The monoisotopic (exact) mass is 197 g/mol. The molecule has 0 aliphatic rings. The molecule has 0 saturated carbocycles. The first-order valence-electron chi connectivity index (χ1n) is 3.40. The minimum absolute atomic E-state index is 0.257. The van der Waals surface area contributed by atoms with Gasteiger partial charge in [0.25, 0.3) is 5.56 Å². The van der Waals surface area contributed by atoms with Crippen LogP contribution in [0.3, 0.4) is 0 Å². The maximum atomic E-state index is 11.3. The third-order valence-corrected chi connectivity index (χ3v) is 2.16. The molecule has 0 aromatic carbocycles. The lowest BCUT2D eigenvalue weighted by Crippen LogP contribution is -2.37. The number of hydrogen-bond acceptors (Lipinski definition) is 4. The summed E-state index contributed by atoms with van der Waals surface area (Å²) in [5.41, 5.74) is -0.832. The molecule has 0 fully saturated rings. The molecule has 0 aliphatic carbocycles. The molecule has 0 amide bonds. The maximum absolute atomic E-state index is 11.3. The minimum atomic E-state index is -0.436. The van der Waals surface area contributed by atoms with Crippen molar-refractivity contribution in [2.24, 2.45) is 14.1 Å². The van der Waals surface area contributed by atoms with Crippen molar-refractivity contribution >= 4 is 11.8 Å². The van der Waals surface area contributed by atoms with Crippen LogP contribution in [0, 0.1) is 10.7 Å². The molecule has 0 spiro atoms. The standard InChI is InChI=1S/C7H7N3O2S/c1-9-3-5(13-4-8)6(11)10(2)7(9)12/h3H,1-2H3. The largest absolute Gasteiger partial charge is 0.330 e. The first-order valence-corrected chi connectivity index (χ1v) is 4.22. The number of rotatable bonds is 1. The predicted molar refractivity (Wildman–Crippen MR) is 48.4 cm³/mol. The third kappa shape index (κ3) is 1.65. The number of hydrogen-bond donors (Lipinski definition) is 0. The number of nitriles is 1. The summed E-state index contributed by atoms with van der Waals surface area (Å²) >= 11 is 0.751. The van der Waals surface area contributed by atoms with Crippen molar-refractivity contribution in [1.82, 2.24) is 9.13 Å². The average molecular weight is 197 g/mol. The summed E-state index contributed by atoms with van der Waals surface area (Å²) in [6.45, 7) is 0. The number of nitrogens with zero attached hydrogens (tertiary/aromatic N) is 3. The summed E-state index contributed by atoms with van der Waals surface area (Å²) in [5, 5.41) is 10.2.